The van der Waals surface area contributed by atoms with E-state index < -0.39 is 0 Å². The Morgan fingerprint density at radius 1 is 1.10 bits per heavy atom. The highest BCUT2D eigenvalue weighted by atomic mass is 79.9. The fraction of sp³-hybridized carbons (Fsp3) is 0.667. The van der Waals surface area contributed by atoms with Crippen LogP contribution < -0.4 is 5.32 Å². The SMILES string of the molecule is C[C@@H](NC1CCc2cc(Br)ccc2C1)C1CCCCC1. The lowest BCUT2D eigenvalue weighted by atomic mass is 9.83. The number of hydrogen-bond donors (Lipinski definition) is 1. The van der Waals surface area contributed by atoms with E-state index in [0.29, 0.717) is 12.1 Å². The second-order valence-corrected chi connectivity index (χ2v) is 7.62. The third-order valence-corrected chi connectivity index (χ3v) is 5.75. The number of fused-ring (bicyclic) bond motifs is 1. The standard InChI is InChI=1S/C18H26BrN/c1-13(14-5-3-2-4-6-14)20-18-10-8-15-11-17(19)9-7-16(15)12-18/h7,9,11,13-14,18,20H,2-6,8,10,12H2,1H3/t13-,18?/m1/s1. The van der Waals surface area contributed by atoms with E-state index in [2.05, 4.69) is 46.4 Å². The smallest absolute Gasteiger partial charge is 0.0178 e. The first-order chi connectivity index (χ1) is 9.72. The van der Waals surface area contributed by atoms with Crippen LogP contribution in [0.1, 0.15) is 56.6 Å². The first-order valence-electron chi connectivity index (χ1n) is 8.26. The van der Waals surface area contributed by atoms with Gasteiger partial charge < -0.3 is 5.32 Å². The Hall–Kier alpha value is -0.340. The lowest BCUT2D eigenvalue weighted by Gasteiger charge is -2.34. The summed E-state index contributed by atoms with van der Waals surface area (Å²) in [6.07, 6.45) is 10.9. The van der Waals surface area contributed by atoms with Gasteiger partial charge in [-0.15, -0.1) is 0 Å². The van der Waals surface area contributed by atoms with Crippen LogP contribution in [0.4, 0.5) is 0 Å². The summed E-state index contributed by atoms with van der Waals surface area (Å²) in [5, 5.41) is 3.93. The highest BCUT2D eigenvalue weighted by Gasteiger charge is 2.24. The summed E-state index contributed by atoms with van der Waals surface area (Å²) in [4.78, 5) is 0. The van der Waals surface area contributed by atoms with E-state index >= 15 is 0 Å². The maximum atomic E-state index is 3.93. The van der Waals surface area contributed by atoms with Gasteiger partial charge in [0.05, 0.1) is 0 Å². The Kier molecular flexibility index (Phi) is 4.83. The fourth-order valence-electron chi connectivity index (χ4n) is 4.01. The van der Waals surface area contributed by atoms with Gasteiger partial charge in [0.15, 0.2) is 0 Å². The van der Waals surface area contributed by atoms with Crippen molar-refractivity contribution in [3.63, 3.8) is 0 Å². The molecule has 0 saturated heterocycles. The van der Waals surface area contributed by atoms with Crippen molar-refractivity contribution in [1.82, 2.24) is 5.32 Å². The largest absolute Gasteiger partial charge is 0.311 e. The van der Waals surface area contributed by atoms with E-state index in [9.17, 15) is 0 Å². The van der Waals surface area contributed by atoms with E-state index in [0.717, 1.165) is 5.92 Å². The van der Waals surface area contributed by atoms with Crippen molar-refractivity contribution in [2.45, 2.75) is 70.4 Å². The van der Waals surface area contributed by atoms with Crippen molar-refractivity contribution in [1.29, 1.82) is 0 Å². The van der Waals surface area contributed by atoms with Crippen LogP contribution in [0.15, 0.2) is 22.7 Å². The summed E-state index contributed by atoms with van der Waals surface area (Å²) < 4.78 is 1.22. The van der Waals surface area contributed by atoms with E-state index in [-0.39, 0.29) is 0 Å². The first-order valence-corrected chi connectivity index (χ1v) is 9.05. The second-order valence-electron chi connectivity index (χ2n) is 6.71. The predicted molar refractivity (Wildman–Crippen MR) is 89.1 cm³/mol. The van der Waals surface area contributed by atoms with Gasteiger partial charge in [-0.2, -0.15) is 0 Å². The summed E-state index contributed by atoms with van der Waals surface area (Å²) in [5.74, 6) is 0.912. The molecule has 20 heavy (non-hydrogen) atoms. The molecular weight excluding hydrogens is 310 g/mol. The number of rotatable bonds is 3. The van der Waals surface area contributed by atoms with E-state index in [1.54, 1.807) is 11.1 Å². The summed E-state index contributed by atoms with van der Waals surface area (Å²) in [5.41, 5.74) is 3.09. The van der Waals surface area contributed by atoms with Crippen LogP contribution in [0.5, 0.6) is 0 Å². The van der Waals surface area contributed by atoms with Crippen LogP contribution in [0.2, 0.25) is 0 Å². The van der Waals surface area contributed by atoms with Crippen LogP contribution >= 0.6 is 15.9 Å². The van der Waals surface area contributed by atoms with Crippen molar-refractivity contribution in [2.24, 2.45) is 5.92 Å². The highest BCUT2D eigenvalue weighted by molar-refractivity contribution is 9.10. The molecule has 0 heterocycles. The van der Waals surface area contributed by atoms with Crippen LogP contribution in [0.3, 0.4) is 0 Å². The Bertz CT molecular complexity index is 451. The van der Waals surface area contributed by atoms with Crippen molar-refractivity contribution >= 4 is 15.9 Å². The highest BCUT2D eigenvalue weighted by Crippen LogP contribution is 2.29. The molecule has 1 N–H and O–H groups in total. The lowest BCUT2D eigenvalue weighted by molar-refractivity contribution is 0.257. The third kappa shape index (κ3) is 3.46. The van der Waals surface area contributed by atoms with Gasteiger partial charge in [-0.1, -0.05) is 41.3 Å². The first kappa shape index (κ1) is 14.6. The summed E-state index contributed by atoms with van der Waals surface area (Å²) in [6.45, 7) is 2.41. The third-order valence-electron chi connectivity index (χ3n) is 5.25. The molecule has 1 unspecified atom stereocenters. The molecule has 2 heteroatoms. The molecule has 1 saturated carbocycles. The minimum absolute atomic E-state index is 0.681. The van der Waals surface area contributed by atoms with Crippen molar-refractivity contribution in [3.05, 3.63) is 33.8 Å². The zero-order chi connectivity index (χ0) is 13.9. The summed E-state index contributed by atoms with van der Waals surface area (Å²) in [7, 11) is 0. The van der Waals surface area contributed by atoms with Crippen molar-refractivity contribution < 1.29 is 0 Å². The minimum atomic E-state index is 0.681. The van der Waals surface area contributed by atoms with Gasteiger partial charge in [-0.05, 0) is 68.2 Å². The topological polar surface area (TPSA) is 12.0 Å². The van der Waals surface area contributed by atoms with Crippen LogP contribution in [0, 0.1) is 5.92 Å². The summed E-state index contributed by atoms with van der Waals surface area (Å²) in [6, 6.07) is 8.17. The van der Waals surface area contributed by atoms with E-state index in [1.165, 1.54) is 55.8 Å². The molecule has 0 bridgehead atoms. The maximum Gasteiger partial charge on any atom is 0.0178 e. The minimum Gasteiger partial charge on any atom is -0.311 e. The normalized spacial score (nSPS) is 25.2. The molecule has 110 valence electrons. The zero-order valence-corrected chi connectivity index (χ0v) is 14.1. The average Bonchev–Trinajstić information content (AvgIpc) is 2.48. The Morgan fingerprint density at radius 2 is 1.90 bits per heavy atom. The fourth-order valence-corrected chi connectivity index (χ4v) is 4.42. The zero-order valence-electron chi connectivity index (χ0n) is 12.5. The molecule has 0 radical (unpaired) electrons. The Labute approximate surface area is 131 Å². The van der Waals surface area contributed by atoms with Crippen LogP contribution in [0.25, 0.3) is 0 Å². The van der Waals surface area contributed by atoms with E-state index in [4.69, 9.17) is 0 Å². The Balaban J connectivity index is 1.58. The van der Waals surface area contributed by atoms with Crippen molar-refractivity contribution in [3.8, 4) is 0 Å². The van der Waals surface area contributed by atoms with Gasteiger partial charge in [-0.3, -0.25) is 0 Å². The number of aryl methyl sites for hydroxylation is 1. The second kappa shape index (κ2) is 6.62. The van der Waals surface area contributed by atoms with E-state index in [1.807, 2.05) is 0 Å². The quantitative estimate of drug-likeness (QED) is 0.831. The van der Waals surface area contributed by atoms with Gasteiger partial charge in [0.2, 0.25) is 0 Å². The molecule has 1 aromatic carbocycles. The molecule has 2 aliphatic rings. The molecule has 1 nitrogen and oxygen atoms in total. The van der Waals surface area contributed by atoms with Gasteiger partial charge >= 0.3 is 0 Å². The maximum absolute atomic E-state index is 3.93. The number of nitrogens with one attached hydrogen (secondary N) is 1. The molecule has 0 aliphatic heterocycles. The molecule has 0 spiro atoms. The molecule has 2 atom stereocenters. The molecule has 3 rings (SSSR count). The van der Waals surface area contributed by atoms with Gasteiger partial charge in [0.1, 0.15) is 0 Å². The monoisotopic (exact) mass is 335 g/mol. The molecule has 1 fully saturated rings. The molecule has 1 aromatic rings. The number of hydrogen-bond acceptors (Lipinski definition) is 1. The van der Waals surface area contributed by atoms with Gasteiger partial charge in [0.25, 0.3) is 0 Å². The molecule has 0 aromatic heterocycles. The number of benzene rings is 1. The molecule has 0 amide bonds. The number of halogens is 1. The molecule has 2 aliphatic carbocycles. The average molecular weight is 336 g/mol. The van der Waals surface area contributed by atoms with Crippen LogP contribution in [-0.4, -0.2) is 12.1 Å². The molecular formula is C18H26BrN. The van der Waals surface area contributed by atoms with Crippen LogP contribution in [-0.2, 0) is 12.8 Å². The summed E-state index contributed by atoms with van der Waals surface area (Å²) >= 11 is 3.58. The van der Waals surface area contributed by atoms with Gasteiger partial charge in [0, 0.05) is 16.6 Å². The lowest BCUT2D eigenvalue weighted by Crippen LogP contribution is -2.44. The predicted octanol–water partition coefficient (Wildman–Crippen LogP) is 4.86. The van der Waals surface area contributed by atoms with Gasteiger partial charge in [-0.25, -0.2) is 0 Å². The van der Waals surface area contributed by atoms with Crippen molar-refractivity contribution in [2.75, 3.05) is 0 Å². The Morgan fingerprint density at radius 3 is 2.70 bits per heavy atom.